The Hall–Kier alpha value is -1.53. The molecule has 2 aliphatic heterocycles. The molecule has 1 N–H and O–H groups in total. The van der Waals surface area contributed by atoms with Gasteiger partial charge in [-0.2, -0.15) is 0 Å². The molecule has 0 aromatic heterocycles. The molecule has 2 aliphatic rings. The highest BCUT2D eigenvalue weighted by Crippen LogP contribution is 2.41. The summed E-state index contributed by atoms with van der Waals surface area (Å²) in [5.41, 5.74) is 1.08. The number of amides is 2. The van der Waals surface area contributed by atoms with Gasteiger partial charge in [0.15, 0.2) is 0 Å². The number of carbonyl (C=O) groups is 2. The SMILES string of the molecule is CC(=O)N1[C@@H](c2ccccc2)SC[C@H]1C(=O)NCCCN1CCCC[C@@H]1C. The quantitative estimate of drug-likeness (QED) is 0.760. The van der Waals surface area contributed by atoms with Crippen LogP contribution >= 0.6 is 11.8 Å². The Morgan fingerprint density at radius 1 is 1.22 bits per heavy atom. The Kier molecular flexibility index (Phi) is 7.19. The normalized spacial score (nSPS) is 26.1. The maximum atomic E-state index is 12.7. The maximum Gasteiger partial charge on any atom is 0.243 e. The van der Waals surface area contributed by atoms with Gasteiger partial charge in [-0.15, -0.1) is 11.8 Å². The van der Waals surface area contributed by atoms with E-state index in [0.29, 0.717) is 18.3 Å². The minimum absolute atomic E-state index is 0.0252. The summed E-state index contributed by atoms with van der Waals surface area (Å²) in [6.45, 7) is 6.72. The predicted molar refractivity (Wildman–Crippen MR) is 110 cm³/mol. The summed E-state index contributed by atoms with van der Waals surface area (Å²) in [5, 5.41) is 2.99. The molecule has 5 nitrogen and oxygen atoms in total. The molecular weight excluding hydrogens is 358 g/mol. The van der Waals surface area contributed by atoms with Crippen molar-refractivity contribution in [3.63, 3.8) is 0 Å². The van der Waals surface area contributed by atoms with Gasteiger partial charge in [-0.1, -0.05) is 36.8 Å². The van der Waals surface area contributed by atoms with Crippen molar-refractivity contribution >= 4 is 23.6 Å². The van der Waals surface area contributed by atoms with Crippen LogP contribution in [0.25, 0.3) is 0 Å². The number of hydrogen-bond acceptors (Lipinski definition) is 4. The molecule has 0 spiro atoms. The lowest BCUT2D eigenvalue weighted by atomic mass is 10.0. The lowest BCUT2D eigenvalue weighted by molar-refractivity contribution is -0.138. The molecule has 148 valence electrons. The largest absolute Gasteiger partial charge is 0.354 e. The standard InChI is InChI=1S/C21H31N3O2S/c1-16-9-6-7-13-23(16)14-8-12-22-20(26)19-15-27-21(24(19)17(2)25)18-10-4-3-5-11-18/h3-5,10-11,16,19,21H,6-9,12-15H2,1-2H3,(H,22,26)/t16-,19-,21+/m0/s1. The zero-order chi connectivity index (χ0) is 19.2. The van der Waals surface area contributed by atoms with Crippen molar-refractivity contribution in [1.82, 2.24) is 15.1 Å². The average Bonchev–Trinajstić information content (AvgIpc) is 3.12. The number of benzene rings is 1. The van der Waals surface area contributed by atoms with Crippen LogP contribution in [0.1, 0.15) is 50.5 Å². The first-order valence-electron chi connectivity index (χ1n) is 10.0. The second kappa shape index (κ2) is 9.60. The van der Waals surface area contributed by atoms with Crippen molar-refractivity contribution < 1.29 is 9.59 Å². The number of piperidine rings is 1. The van der Waals surface area contributed by atoms with Gasteiger partial charge in [0.05, 0.1) is 0 Å². The number of carbonyl (C=O) groups excluding carboxylic acids is 2. The van der Waals surface area contributed by atoms with Gasteiger partial charge >= 0.3 is 0 Å². The van der Waals surface area contributed by atoms with E-state index in [4.69, 9.17) is 0 Å². The van der Waals surface area contributed by atoms with E-state index in [2.05, 4.69) is 17.1 Å². The molecule has 2 fully saturated rings. The van der Waals surface area contributed by atoms with Gasteiger partial charge in [-0.3, -0.25) is 9.59 Å². The summed E-state index contributed by atoms with van der Waals surface area (Å²) >= 11 is 1.67. The topological polar surface area (TPSA) is 52.7 Å². The zero-order valence-corrected chi connectivity index (χ0v) is 17.2. The Balaban J connectivity index is 1.50. The van der Waals surface area contributed by atoms with Gasteiger partial charge in [0.2, 0.25) is 11.8 Å². The molecule has 0 unspecified atom stereocenters. The van der Waals surface area contributed by atoms with E-state index < -0.39 is 0 Å². The van der Waals surface area contributed by atoms with Crippen LogP contribution in [-0.4, -0.2) is 59.1 Å². The second-order valence-corrected chi connectivity index (χ2v) is 8.68. The van der Waals surface area contributed by atoms with Crippen LogP contribution in [0.2, 0.25) is 0 Å². The summed E-state index contributed by atoms with van der Waals surface area (Å²) in [6.07, 6.45) is 4.85. The highest BCUT2D eigenvalue weighted by atomic mass is 32.2. The minimum atomic E-state index is -0.383. The molecular formula is C21H31N3O2S. The first-order valence-corrected chi connectivity index (χ1v) is 11.1. The molecule has 6 heteroatoms. The lowest BCUT2D eigenvalue weighted by Crippen LogP contribution is -2.47. The Bertz CT molecular complexity index is 640. The predicted octanol–water partition coefficient (Wildman–Crippen LogP) is 3.03. The van der Waals surface area contributed by atoms with E-state index in [-0.39, 0.29) is 23.2 Å². The Morgan fingerprint density at radius 3 is 2.70 bits per heavy atom. The van der Waals surface area contributed by atoms with Gasteiger partial charge < -0.3 is 15.1 Å². The van der Waals surface area contributed by atoms with Crippen molar-refractivity contribution in [1.29, 1.82) is 0 Å². The van der Waals surface area contributed by atoms with E-state index in [1.807, 2.05) is 30.3 Å². The first-order chi connectivity index (χ1) is 13.1. The number of likely N-dealkylation sites (tertiary alicyclic amines) is 1. The summed E-state index contributed by atoms with van der Waals surface area (Å²) in [7, 11) is 0. The summed E-state index contributed by atoms with van der Waals surface area (Å²) < 4.78 is 0. The fraction of sp³-hybridized carbons (Fsp3) is 0.619. The Morgan fingerprint density at radius 2 is 2.00 bits per heavy atom. The fourth-order valence-corrected chi connectivity index (χ4v) is 5.55. The third-order valence-corrected chi connectivity index (χ3v) is 6.94. The third kappa shape index (κ3) is 5.05. The first kappa shape index (κ1) is 20.2. The number of nitrogens with zero attached hydrogens (tertiary/aromatic N) is 2. The fourth-order valence-electron chi connectivity index (χ4n) is 4.07. The van der Waals surface area contributed by atoms with E-state index in [0.717, 1.165) is 18.5 Å². The number of nitrogens with one attached hydrogen (secondary N) is 1. The van der Waals surface area contributed by atoms with Crippen LogP contribution in [0, 0.1) is 0 Å². The van der Waals surface area contributed by atoms with Gasteiger partial charge in [0.1, 0.15) is 11.4 Å². The molecule has 1 aromatic carbocycles. The van der Waals surface area contributed by atoms with Crippen LogP contribution in [0.3, 0.4) is 0 Å². The van der Waals surface area contributed by atoms with Crippen molar-refractivity contribution in [2.24, 2.45) is 0 Å². The smallest absolute Gasteiger partial charge is 0.243 e. The number of thioether (sulfide) groups is 1. The summed E-state index contributed by atoms with van der Waals surface area (Å²) in [5.74, 6) is 0.577. The molecule has 0 saturated carbocycles. The van der Waals surface area contributed by atoms with Crippen molar-refractivity contribution in [3.8, 4) is 0 Å². The van der Waals surface area contributed by atoms with E-state index >= 15 is 0 Å². The van der Waals surface area contributed by atoms with Crippen LogP contribution < -0.4 is 5.32 Å². The van der Waals surface area contributed by atoms with Gasteiger partial charge in [0, 0.05) is 31.8 Å². The molecule has 3 atom stereocenters. The van der Waals surface area contributed by atoms with Crippen LogP contribution in [0.5, 0.6) is 0 Å². The maximum absolute atomic E-state index is 12.7. The summed E-state index contributed by atoms with van der Waals surface area (Å²) in [6, 6.07) is 10.2. The molecule has 2 amide bonds. The molecule has 2 saturated heterocycles. The van der Waals surface area contributed by atoms with Crippen LogP contribution in [0.15, 0.2) is 30.3 Å². The van der Waals surface area contributed by atoms with Gasteiger partial charge in [-0.25, -0.2) is 0 Å². The Labute approximate surface area is 166 Å². The van der Waals surface area contributed by atoms with Gasteiger partial charge in [-0.05, 0) is 38.3 Å². The molecule has 27 heavy (non-hydrogen) atoms. The van der Waals surface area contributed by atoms with Crippen LogP contribution in [0.4, 0.5) is 0 Å². The highest BCUT2D eigenvalue weighted by Gasteiger charge is 2.40. The average molecular weight is 390 g/mol. The van der Waals surface area contributed by atoms with E-state index in [1.165, 1.54) is 25.8 Å². The van der Waals surface area contributed by atoms with Crippen molar-refractivity contribution in [2.45, 2.75) is 57.0 Å². The second-order valence-electron chi connectivity index (χ2n) is 7.56. The van der Waals surface area contributed by atoms with E-state index in [9.17, 15) is 9.59 Å². The van der Waals surface area contributed by atoms with E-state index in [1.54, 1.807) is 23.6 Å². The summed E-state index contributed by atoms with van der Waals surface area (Å²) in [4.78, 5) is 29.2. The molecule has 0 aliphatic carbocycles. The highest BCUT2D eigenvalue weighted by molar-refractivity contribution is 7.99. The van der Waals surface area contributed by atoms with Crippen LogP contribution in [-0.2, 0) is 9.59 Å². The third-order valence-electron chi connectivity index (χ3n) is 5.61. The molecule has 1 aromatic rings. The van der Waals surface area contributed by atoms with Crippen molar-refractivity contribution in [3.05, 3.63) is 35.9 Å². The molecule has 0 bridgehead atoms. The minimum Gasteiger partial charge on any atom is -0.354 e. The van der Waals surface area contributed by atoms with Gasteiger partial charge in [0.25, 0.3) is 0 Å². The van der Waals surface area contributed by atoms with Crippen molar-refractivity contribution in [2.75, 3.05) is 25.4 Å². The molecule has 3 rings (SSSR count). The monoisotopic (exact) mass is 389 g/mol. The number of rotatable bonds is 6. The zero-order valence-electron chi connectivity index (χ0n) is 16.4. The molecule has 0 radical (unpaired) electrons. The number of hydrogen-bond donors (Lipinski definition) is 1. The lowest BCUT2D eigenvalue weighted by Gasteiger charge is -2.33. The molecule has 2 heterocycles.